The zero-order chi connectivity index (χ0) is 24.4. The number of hydrogen-bond acceptors (Lipinski definition) is 5. The molecule has 8 nitrogen and oxygen atoms in total. The first-order valence-electron chi connectivity index (χ1n) is 11.4. The van der Waals surface area contributed by atoms with Gasteiger partial charge in [0, 0.05) is 36.4 Å². The van der Waals surface area contributed by atoms with Crippen LogP contribution in [0.5, 0.6) is 0 Å². The molecule has 0 fully saturated rings. The maximum atomic E-state index is 12.8. The average Bonchev–Trinajstić information content (AvgIpc) is 3.53. The van der Waals surface area contributed by atoms with E-state index in [0.29, 0.717) is 23.5 Å². The summed E-state index contributed by atoms with van der Waals surface area (Å²) < 4.78 is 1.92. The third-order valence-electron chi connectivity index (χ3n) is 6.02. The second-order valence-corrected chi connectivity index (χ2v) is 8.69. The van der Waals surface area contributed by atoms with Gasteiger partial charge in [0.1, 0.15) is 11.4 Å². The molecule has 0 aliphatic heterocycles. The van der Waals surface area contributed by atoms with E-state index in [-0.39, 0.29) is 18.1 Å². The summed E-state index contributed by atoms with van der Waals surface area (Å²) in [7, 11) is 0. The Kier molecular flexibility index (Phi) is 6.12. The normalized spacial score (nSPS) is 12.5. The molecule has 0 aliphatic rings. The Morgan fingerprint density at radius 1 is 1.17 bits per heavy atom. The van der Waals surface area contributed by atoms with Crippen LogP contribution >= 0.6 is 0 Å². The molecule has 5 rings (SSSR count). The van der Waals surface area contributed by atoms with Crippen molar-refractivity contribution in [1.29, 1.82) is 0 Å². The molecule has 176 valence electrons. The van der Waals surface area contributed by atoms with Crippen LogP contribution in [0.4, 0.5) is 5.69 Å². The minimum absolute atomic E-state index is 0.0449. The zero-order valence-corrected chi connectivity index (χ0v) is 19.6. The van der Waals surface area contributed by atoms with Crippen molar-refractivity contribution in [3.8, 4) is 17.1 Å². The summed E-state index contributed by atoms with van der Waals surface area (Å²) in [6.45, 7) is 3.98. The fraction of sp³-hybridized carbons (Fsp3) is 0.185. The van der Waals surface area contributed by atoms with Crippen molar-refractivity contribution in [2.45, 2.75) is 20.3 Å². The summed E-state index contributed by atoms with van der Waals surface area (Å²) >= 11 is 0. The lowest BCUT2D eigenvalue weighted by molar-refractivity contribution is 0.263. The zero-order valence-electron chi connectivity index (χ0n) is 19.6. The van der Waals surface area contributed by atoms with Crippen molar-refractivity contribution >= 4 is 22.9 Å². The van der Waals surface area contributed by atoms with E-state index < -0.39 is 0 Å². The van der Waals surface area contributed by atoms with Gasteiger partial charge in [-0.2, -0.15) is 0 Å². The number of pyridine rings is 1. The first kappa shape index (κ1) is 22.5. The number of nitrogens with one attached hydrogen (secondary N) is 2. The van der Waals surface area contributed by atoms with Gasteiger partial charge in [-0.25, -0.2) is 9.97 Å². The molecule has 1 unspecified atom stereocenters. The lowest BCUT2D eigenvalue weighted by Crippen LogP contribution is -2.12. The Morgan fingerprint density at radius 3 is 2.74 bits per heavy atom. The Morgan fingerprint density at radius 2 is 2.00 bits per heavy atom. The largest absolute Gasteiger partial charge is 0.396 e. The van der Waals surface area contributed by atoms with Gasteiger partial charge in [-0.05, 0) is 49.6 Å². The monoisotopic (exact) mass is 466 g/mol. The van der Waals surface area contributed by atoms with Crippen LogP contribution < -0.4 is 5.56 Å². The van der Waals surface area contributed by atoms with Gasteiger partial charge >= 0.3 is 0 Å². The van der Waals surface area contributed by atoms with Gasteiger partial charge in [0.15, 0.2) is 0 Å². The molecule has 0 saturated carbocycles. The lowest BCUT2D eigenvalue weighted by Gasteiger charge is -2.09. The number of nitrogens with zero attached hydrogens (tertiary/aromatic N) is 4. The highest BCUT2D eigenvalue weighted by molar-refractivity contribution is 5.86. The molecular weight excluding hydrogens is 440 g/mol. The molecule has 0 spiro atoms. The van der Waals surface area contributed by atoms with E-state index >= 15 is 0 Å². The third kappa shape index (κ3) is 4.69. The summed E-state index contributed by atoms with van der Waals surface area (Å²) in [6, 6.07) is 14.0. The van der Waals surface area contributed by atoms with Crippen molar-refractivity contribution in [1.82, 2.24) is 24.5 Å². The van der Waals surface area contributed by atoms with Crippen molar-refractivity contribution < 1.29 is 5.11 Å². The molecule has 3 N–H and O–H groups in total. The van der Waals surface area contributed by atoms with Gasteiger partial charge in [0.05, 0.1) is 29.7 Å². The van der Waals surface area contributed by atoms with Crippen LogP contribution in [-0.4, -0.2) is 42.4 Å². The van der Waals surface area contributed by atoms with Gasteiger partial charge in [-0.15, -0.1) is 0 Å². The van der Waals surface area contributed by atoms with E-state index in [4.69, 9.17) is 4.98 Å². The number of rotatable bonds is 7. The number of aliphatic hydroxyl groups excluding tert-OH is 1. The van der Waals surface area contributed by atoms with E-state index in [0.717, 1.165) is 27.8 Å². The molecule has 0 bridgehead atoms. The van der Waals surface area contributed by atoms with E-state index in [1.807, 2.05) is 36.7 Å². The van der Waals surface area contributed by atoms with E-state index in [2.05, 4.69) is 44.2 Å². The molecule has 0 amide bonds. The minimum atomic E-state index is -0.287. The van der Waals surface area contributed by atoms with Crippen LogP contribution in [0.25, 0.3) is 28.1 Å². The standard InChI is InChI=1S/C27H26N6O2/c1-17-3-5-19(6-4-17)12-20(15-34)14-30-22-7-8-29-27(35)24(22)26-31-23-13-21(33-10-9-28-16-33)11-18(2)25(23)32-26/h3-11,13-14,16,20,34H,12,15H2,1-2H3,(H,29,35)(H,31,32). The number of aromatic amines is 2. The first-order valence-corrected chi connectivity index (χ1v) is 11.4. The number of aryl methyl sites for hydroxylation is 2. The number of aliphatic hydroxyl groups is 1. The van der Waals surface area contributed by atoms with E-state index in [1.54, 1.807) is 31.0 Å². The quantitative estimate of drug-likeness (QED) is 0.311. The highest BCUT2D eigenvalue weighted by atomic mass is 16.3. The van der Waals surface area contributed by atoms with Gasteiger partial charge in [-0.3, -0.25) is 9.79 Å². The second kappa shape index (κ2) is 9.52. The average molecular weight is 467 g/mol. The number of hydrogen-bond donors (Lipinski definition) is 3. The molecule has 3 heterocycles. The van der Waals surface area contributed by atoms with Crippen molar-refractivity contribution in [3.05, 3.63) is 94.4 Å². The Hall–Kier alpha value is -4.30. The number of H-pyrrole nitrogens is 2. The molecule has 5 aromatic rings. The van der Waals surface area contributed by atoms with Gasteiger partial charge in [0.2, 0.25) is 0 Å². The van der Waals surface area contributed by atoms with Crippen molar-refractivity contribution in [2.75, 3.05) is 6.61 Å². The topological polar surface area (TPSA) is 112 Å². The van der Waals surface area contributed by atoms with Gasteiger partial charge in [-0.1, -0.05) is 29.8 Å². The summed E-state index contributed by atoms with van der Waals surface area (Å²) in [6.07, 6.45) is 9.27. The van der Waals surface area contributed by atoms with Crippen LogP contribution in [0.2, 0.25) is 0 Å². The molecular formula is C27H26N6O2. The number of imidazole rings is 2. The molecule has 8 heteroatoms. The van der Waals surface area contributed by atoms with Crippen LogP contribution in [0.1, 0.15) is 16.7 Å². The Bertz CT molecular complexity index is 1550. The molecule has 2 aromatic carbocycles. The fourth-order valence-corrected chi connectivity index (χ4v) is 4.13. The van der Waals surface area contributed by atoms with Gasteiger partial charge in [0.25, 0.3) is 5.56 Å². The highest BCUT2D eigenvalue weighted by Crippen LogP contribution is 2.29. The minimum Gasteiger partial charge on any atom is -0.396 e. The van der Waals surface area contributed by atoms with E-state index in [9.17, 15) is 9.90 Å². The number of benzene rings is 2. The molecule has 1 atom stereocenters. The maximum absolute atomic E-state index is 12.8. The first-order chi connectivity index (χ1) is 17.0. The van der Waals surface area contributed by atoms with Crippen molar-refractivity contribution in [2.24, 2.45) is 10.9 Å². The number of aromatic nitrogens is 5. The SMILES string of the molecule is Cc1ccc(CC(C=Nc2cc[nH]c(=O)c2-c2nc3c(C)cc(-n4ccnc4)cc3[nH]2)CO)cc1. The molecule has 0 saturated heterocycles. The molecule has 35 heavy (non-hydrogen) atoms. The number of aliphatic imine (C=N–C) groups is 1. The summed E-state index contributed by atoms with van der Waals surface area (Å²) in [4.78, 5) is 32.3. The van der Waals surface area contributed by atoms with Crippen LogP contribution in [0.15, 0.2) is 77.2 Å². The fourth-order valence-electron chi connectivity index (χ4n) is 4.13. The summed E-state index contributed by atoms with van der Waals surface area (Å²) in [5.41, 5.74) is 6.39. The second-order valence-electron chi connectivity index (χ2n) is 8.69. The molecule has 0 aliphatic carbocycles. The predicted molar refractivity (Wildman–Crippen MR) is 138 cm³/mol. The smallest absolute Gasteiger partial charge is 0.261 e. The highest BCUT2D eigenvalue weighted by Gasteiger charge is 2.16. The van der Waals surface area contributed by atoms with Crippen LogP contribution in [-0.2, 0) is 6.42 Å². The predicted octanol–water partition coefficient (Wildman–Crippen LogP) is 4.27. The molecule has 3 aromatic heterocycles. The van der Waals surface area contributed by atoms with Crippen LogP contribution in [0.3, 0.4) is 0 Å². The van der Waals surface area contributed by atoms with Crippen LogP contribution in [0, 0.1) is 19.8 Å². The van der Waals surface area contributed by atoms with E-state index in [1.165, 1.54) is 5.56 Å². The maximum Gasteiger partial charge on any atom is 0.261 e. The van der Waals surface area contributed by atoms with Crippen molar-refractivity contribution in [3.63, 3.8) is 0 Å². The summed E-state index contributed by atoms with van der Waals surface area (Å²) in [5.74, 6) is 0.263. The third-order valence-corrected chi connectivity index (χ3v) is 6.02. The number of fused-ring (bicyclic) bond motifs is 1. The Balaban J connectivity index is 1.50. The lowest BCUT2D eigenvalue weighted by atomic mass is 10.0. The summed E-state index contributed by atoms with van der Waals surface area (Å²) in [5, 5.41) is 9.91. The van der Waals surface area contributed by atoms with Gasteiger partial charge < -0.3 is 19.6 Å². The molecule has 0 radical (unpaired) electrons. The Labute approximate surface area is 202 Å².